The number of aromatic nitrogens is 1. The molecule has 7 nitrogen and oxygen atoms in total. The zero-order valence-corrected chi connectivity index (χ0v) is 11.0. The summed E-state index contributed by atoms with van der Waals surface area (Å²) < 4.78 is 10.3. The highest BCUT2D eigenvalue weighted by atomic mass is 16.7. The van der Waals surface area contributed by atoms with Crippen LogP contribution in [0.4, 0.5) is 0 Å². The molecule has 1 unspecified atom stereocenters. The van der Waals surface area contributed by atoms with Crippen LogP contribution in [0.15, 0.2) is 40.9 Å². The van der Waals surface area contributed by atoms with Gasteiger partial charge in [-0.05, 0) is 0 Å². The third-order valence-electron chi connectivity index (χ3n) is 3.66. The first kappa shape index (κ1) is 14.2. The maximum Gasteiger partial charge on any atom is 0.184 e. The Balaban J connectivity index is 1.98. The normalized spacial score (nSPS) is 32.5. The van der Waals surface area contributed by atoms with Crippen LogP contribution in [0.1, 0.15) is 5.69 Å². The molecule has 2 aromatic rings. The van der Waals surface area contributed by atoms with Crippen LogP contribution in [0.3, 0.4) is 0 Å². The van der Waals surface area contributed by atoms with Gasteiger partial charge >= 0.3 is 0 Å². The summed E-state index contributed by atoms with van der Waals surface area (Å²) >= 11 is 0. The van der Waals surface area contributed by atoms with Gasteiger partial charge in [-0.1, -0.05) is 35.5 Å². The molecule has 0 bridgehead atoms. The third-order valence-corrected chi connectivity index (χ3v) is 3.66. The minimum atomic E-state index is -1.71. The van der Waals surface area contributed by atoms with Crippen molar-refractivity contribution in [3.05, 3.63) is 42.1 Å². The second kappa shape index (κ2) is 5.21. The Kier molecular flexibility index (Phi) is 3.52. The lowest BCUT2D eigenvalue weighted by molar-refractivity contribution is -0.181. The molecule has 1 saturated heterocycles. The Morgan fingerprint density at radius 3 is 2.43 bits per heavy atom. The predicted molar refractivity (Wildman–Crippen MR) is 69.8 cm³/mol. The fraction of sp³-hybridized carbons (Fsp3) is 0.357. The van der Waals surface area contributed by atoms with E-state index in [1.54, 1.807) is 0 Å². The van der Waals surface area contributed by atoms with Crippen molar-refractivity contribution in [3.63, 3.8) is 0 Å². The summed E-state index contributed by atoms with van der Waals surface area (Å²) in [6.45, 7) is -0.664. The molecule has 7 heteroatoms. The van der Waals surface area contributed by atoms with Crippen molar-refractivity contribution in [2.75, 3.05) is 6.61 Å². The first-order valence-corrected chi connectivity index (χ1v) is 6.44. The summed E-state index contributed by atoms with van der Waals surface area (Å²) in [6, 6.07) is 10.6. The number of hydrogen-bond donors (Lipinski definition) is 4. The van der Waals surface area contributed by atoms with E-state index in [9.17, 15) is 20.4 Å². The molecule has 2 heterocycles. The molecule has 0 saturated carbocycles. The number of benzene rings is 1. The Labute approximate surface area is 120 Å². The van der Waals surface area contributed by atoms with Crippen LogP contribution >= 0.6 is 0 Å². The molecule has 0 spiro atoms. The van der Waals surface area contributed by atoms with Crippen molar-refractivity contribution >= 4 is 0 Å². The number of hydrogen-bond acceptors (Lipinski definition) is 7. The molecule has 0 aliphatic carbocycles. The van der Waals surface area contributed by atoms with Crippen LogP contribution in [0.25, 0.3) is 11.3 Å². The van der Waals surface area contributed by atoms with E-state index >= 15 is 0 Å². The van der Waals surface area contributed by atoms with Gasteiger partial charge in [0.1, 0.15) is 17.9 Å². The Bertz CT molecular complexity index is 615. The molecule has 0 amide bonds. The maximum absolute atomic E-state index is 10.0. The topological polar surface area (TPSA) is 116 Å². The molecule has 1 aliphatic heterocycles. The van der Waals surface area contributed by atoms with Crippen molar-refractivity contribution < 1.29 is 29.7 Å². The Hall–Kier alpha value is -1.77. The average Bonchev–Trinajstić information content (AvgIpc) is 3.09. The lowest BCUT2D eigenvalue weighted by Gasteiger charge is -2.26. The molecule has 4 atom stereocenters. The van der Waals surface area contributed by atoms with E-state index in [0.29, 0.717) is 5.76 Å². The quantitative estimate of drug-likeness (QED) is 0.608. The van der Waals surface area contributed by atoms with Gasteiger partial charge in [0.15, 0.2) is 17.7 Å². The van der Waals surface area contributed by atoms with Gasteiger partial charge in [-0.15, -0.1) is 0 Å². The monoisotopic (exact) mass is 293 g/mol. The first-order chi connectivity index (χ1) is 10.1. The second-order valence-electron chi connectivity index (χ2n) is 4.93. The SMILES string of the molecule is OC[C@@]1(c2cc(-c3ccccc3)on2)OC(O)[C@H](O)[C@H]1O. The molecule has 3 rings (SSSR count). The first-order valence-electron chi connectivity index (χ1n) is 6.44. The van der Waals surface area contributed by atoms with E-state index in [4.69, 9.17) is 9.26 Å². The minimum absolute atomic E-state index is 0.104. The third kappa shape index (κ3) is 2.15. The molecule has 0 radical (unpaired) electrons. The van der Waals surface area contributed by atoms with Gasteiger partial charge in [0.25, 0.3) is 0 Å². The number of ether oxygens (including phenoxy) is 1. The second-order valence-corrected chi connectivity index (χ2v) is 4.93. The van der Waals surface area contributed by atoms with Gasteiger partial charge in [-0.3, -0.25) is 0 Å². The molecule has 4 N–H and O–H groups in total. The van der Waals surface area contributed by atoms with E-state index < -0.39 is 30.7 Å². The number of aliphatic hydroxyl groups is 4. The fourth-order valence-electron chi connectivity index (χ4n) is 2.42. The highest BCUT2D eigenvalue weighted by Gasteiger charge is 2.56. The van der Waals surface area contributed by atoms with Crippen LogP contribution in [-0.4, -0.2) is 50.7 Å². The number of aliphatic hydroxyl groups excluding tert-OH is 4. The van der Waals surface area contributed by atoms with Gasteiger partial charge < -0.3 is 29.7 Å². The van der Waals surface area contributed by atoms with Crippen LogP contribution in [-0.2, 0) is 10.3 Å². The standard InChI is InChI=1S/C14H15NO6/c16-7-14(12(18)11(17)13(19)20-14)10-6-9(21-15-10)8-4-2-1-3-5-8/h1-6,11-13,16-19H,7H2/t11-,12-,13?,14+/m1/s1. The highest BCUT2D eigenvalue weighted by Crippen LogP contribution is 2.39. The molecule has 1 fully saturated rings. The summed E-state index contributed by atoms with van der Waals surface area (Å²) in [7, 11) is 0. The minimum Gasteiger partial charge on any atom is -0.393 e. The van der Waals surface area contributed by atoms with Crippen molar-refractivity contribution in [2.45, 2.75) is 24.1 Å². The van der Waals surface area contributed by atoms with E-state index in [2.05, 4.69) is 5.16 Å². The molecule has 1 aliphatic rings. The zero-order chi connectivity index (χ0) is 15.0. The van der Waals surface area contributed by atoms with E-state index in [0.717, 1.165) is 5.56 Å². The molecular formula is C14H15NO6. The lowest BCUT2D eigenvalue weighted by atomic mass is 9.92. The molecular weight excluding hydrogens is 278 g/mol. The molecule has 1 aromatic carbocycles. The lowest BCUT2D eigenvalue weighted by Crippen LogP contribution is -2.44. The predicted octanol–water partition coefficient (Wildman–Crippen LogP) is -0.400. The maximum atomic E-state index is 10.0. The summed E-state index contributed by atoms with van der Waals surface area (Å²) in [4.78, 5) is 0. The van der Waals surface area contributed by atoms with Crippen molar-refractivity contribution in [2.24, 2.45) is 0 Å². The molecule has 1 aromatic heterocycles. The van der Waals surface area contributed by atoms with Gasteiger partial charge in [-0.25, -0.2) is 0 Å². The zero-order valence-electron chi connectivity index (χ0n) is 11.0. The van der Waals surface area contributed by atoms with E-state index in [1.807, 2.05) is 30.3 Å². The van der Waals surface area contributed by atoms with Gasteiger partial charge in [-0.2, -0.15) is 0 Å². The summed E-state index contributed by atoms with van der Waals surface area (Å²) in [6.07, 6.45) is -4.66. The number of nitrogens with zero attached hydrogens (tertiary/aromatic N) is 1. The number of rotatable bonds is 3. The van der Waals surface area contributed by atoms with Crippen molar-refractivity contribution in [1.82, 2.24) is 5.16 Å². The highest BCUT2D eigenvalue weighted by molar-refractivity contribution is 5.57. The van der Waals surface area contributed by atoms with Gasteiger partial charge in [0.05, 0.1) is 6.61 Å². The van der Waals surface area contributed by atoms with Gasteiger partial charge in [0, 0.05) is 11.6 Å². The largest absolute Gasteiger partial charge is 0.393 e. The summed E-state index contributed by atoms with van der Waals surface area (Å²) in [5.74, 6) is 0.421. The Morgan fingerprint density at radius 1 is 1.14 bits per heavy atom. The van der Waals surface area contributed by atoms with Crippen LogP contribution in [0.2, 0.25) is 0 Å². The van der Waals surface area contributed by atoms with Crippen molar-refractivity contribution in [3.8, 4) is 11.3 Å². The average molecular weight is 293 g/mol. The summed E-state index contributed by atoms with van der Waals surface area (Å²) in [5, 5.41) is 42.5. The molecule has 21 heavy (non-hydrogen) atoms. The Morgan fingerprint density at radius 2 is 1.86 bits per heavy atom. The van der Waals surface area contributed by atoms with Crippen LogP contribution < -0.4 is 0 Å². The molecule has 112 valence electrons. The summed E-state index contributed by atoms with van der Waals surface area (Å²) in [5.41, 5.74) is -0.847. The van der Waals surface area contributed by atoms with E-state index in [1.165, 1.54) is 6.07 Å². The van der Waals surface area contributed by atoms with Crippen LogP contribution in [0.5, 0.6) is 0 Å². The van der Waals surface area contributed by atoms with Gasteiger partial charge in [0.2, 0.25) is 0 Å². The smallest absolute Gasteiger partial charge is 0.184 e. The van der Waals surface area contributed by atoms with E-state index in [-0.39, 0.29) is 5.69 Å². The van der Waals surface area contributed by atoms with Crippen molar-refractivity contribution in [1.29, 1.82) is 0 Å². The van der Waals surface area contributed by atoms with Crippen LogP contribution in [0, 0.1) is 0 Å². The fourth-order valence-corrected chi connectivity index (χ4v) is 2.42.